The van der Waals surface area contributed by atoms with Crippen molar-refractivity contribution in [2.75, 3.05) is 0 Å². The van der Waals surface area contributed by atoms with Crippen LogP contribution in [0.15, 0.2) is 34.9 Å². The molecular weight excluding hydrogens is 254 g/mol. The fraction of sp³-hybridized carbons (Fsp3) is 0.182. The Morgan fingerprint density at radius 2 is 2.13 bits per heavy atom. The summed E-state index contributed by atoms with van der Waals surface area (Å²) in [6.07, 6.45) is 1.78. The molecule has 78 valence electrons. The number of nitrogens with one attached hydrogen (secondary N) is 1. The lowest BCUT2D eigenvalue weighted by atomic mass is 10.0. The first-order valence-corrected chi connectivity index (χ1v) is 5.53. The van der Waals surface area contributed by atoms with Gasteiger partial charge in [-0.05, 0) is 13.0 Å². The van der Waals surface area contributed by atoms with E-state index in [0.29, 0.717) is 0 Å². The fourth-order valence-electron chi connectivity index (χ4n) is 1.52. The highest BCUT2D eigenvalue weighted by molar-refractivity contribution is 9.10. The van der Waals surface area contributed by atoms with Gasteiger partial charge in [-0.25, -0.2) is 0 Å². The zero-order valence-corrected chi connectivity index (χ0v) is 9.95. The van der Waals surface area contributed by atoms with E-state index in [1.165, 1.54) is 0 Å². The fourth-order valence-corrected chi connectivity index (χ4v) is 2.00. The second kappa shape index (κ2) is 4.16. The maximum atomic E-state index is 5.87. The van der Waals surface area contributed by atoms with Gasteiger partial charge in [-0.15, -0.1) is 0 Å². The van der Waals surface area contributed by atoms with E-state index < -0.39 is 0 Å². The van der Waals surface area contributed by atoms with E-state index in [0.717, 1.165) is 21.3 Å². The number of aromatic amines is 1. The zero-order valence-electron chi connectivity index (χ0n) is 8.37. The highest BCUT2D eigenvalue weighted by Gasteiger charge is 2.12. The van der Waals surface area contributed by atoms with Gasteiger partial charge in [-0.3, -0.25) is 5.10 Å². The molecule has 0 aliphatic heterocycles. The third-order valence-electron chi connectivity index (χ3n) is 2.30. The van der Waals surface area contributed by atoms with Crippen molar-refractivity contribution in [3.63, 3.8) is 0 Å². The Bertz CT molecular complexity index is 462. The average molecular weight is 266 g/mol. The maximum absolute atomic E-state index is 5.87. The van der Waals surface area contributed by atoms with Crippen LogP contribution in [0, 0.1) is 0 Å². The molecule has 0 saturated heterocycles. The third kappa shape index (κ3) is 1.96. The Morgan fingerprint density at radius 1 is 1.40 bits per heavy atom. The van der Waals surface area contributed by atoms with Crippen molar-refractivity contribution in [3.05, 3.63) is 40.5 Å². The number of nitrogens with zero attached hydrogens (tertiary/aromatic N) is 1. The van der Waals surface area contributed by atoms with Crippen molar-refractivity contribution in [1.82, 2.24) is 10.2 Å². The summed E-state index contributed by atoms with van der Waals surface area (Å²) < 4.78 is 1.04. The summed E-state index contributed by atoms with van der Waals surface area (Å²) in [5.41, 5.74) is 8.97. The molecule has 1 heterocycles. The summed E-state index contributed by atoms with van der Waals surface area (Å²) >= 11 is 3.51. The van der Waals surface area contributed by atoms with Crippen molar-refractivity contribution < 1.29 is 0 Å². The first kappa shape index (κ1) is 10.4. The maximum Gasteiger partial charge on any atom is 0.0709 e. The monoisotopic (exact) mass is 265 g/mol. The molecule has 0 bridgehead atoms. The molecule has 2 aromatic rings. The molecule has 0 aliphatic rings. The van der Waals surface area contributed by atoms with E-state index in [-0.39, 0.29) is 6.04 Å². The molecule has 3 N–H and O–H groups in total. The predicted molar refractivity (Wildman–Crippen MR) is 64.3 cm³/mol. The van der Waals surface area contributed by atoms with Gasteiger partial charge in [-0.1, -0.05) is 34.1 Å². The van der Waals surface area contributed by atoms with Gasteiger partial charge in [0.2, 0.25) is 0 Å². The van der Waals surface area contributed by atoms with E-state index in [9.17, 15) is 0 Å². The lowest BCUT2D eigenvalue weighted by Gasteiger charge is -2.07. The molecule has 0 aliphatic carbocycles. The standard InChI is InChI=1S/C11H12BrN3/c1-7(13)9-6-14-15-11(9)8-4-2-3-5-10(8)12/h2-7H,13H2,1H3,(H,14,15). The van der Waals surface area contributed by atoms with Crippen molar-refractivity contribution in [2.24, 2.45) is 5.73 Å². The molecule has 2 rings (SSSR count). The second-order valence-corrected chi connectivity index (χ2v) is 4.32. The number of hydrogen-bond donors (Lipinski definition) is 2. The van der Waals surface area contributed by atoms with Crippen LogP contribution in [-0.4, -0.2) is 10.2 Å². The molecule has 15 heavy (non-hydrogen) atoms. The summed E-state index contributed by atoms with van der Waals surface area (Å²) in [6, 6.07) is 7.98. The minimum Gasteiger partial charge on any atom is -0.324 e. The van der Waals surface area contributed by atoms with Crippen molar-refractivity contribution in [1.29, 1.82) is 0 Å². The topological polar surface area (TPSA) is 54.7 Å². The first-order valence-electron chi connectivity index (χ1n) is 4.74. The van der Waals surface area contributed by atoms with Crippen LogP contribution >= 0.6 is 15.9 Å². The molecule has 1 aromatic heterocycles. The van der Waals surface area contributed by atoms with Gasteiger partial charge in [-0.2, -0.15) is 5.10 Å². The molecule has 0 saturated carbocycles. The van der Waals surface area contributed by atoms with Gasteiger partial charge in [0.25, 0.3) is 0 Å². The van der Waals surface area contributed by atoms with Crippen LogP contribution in [0.1, 0.15) is 18.5 Å². The molecule has 0 fully saturated rings. The highest BCUT2D eigenvalue weighted by atomic mass is 79.9. The number of hydrogen-bond acceptors (Lipinski definition) is 2. The summed E-state index contributed by atoms with van der Waals surface area (Å²) in [5.74, 6) is 0. The highest BCUT2D eigenvalue weighted by Crippen LogP contribution is 2.30. The van der Waals surface area contributed by atoms with Gasteiger partial charge in [0, 0.05) is 21.6 Å². The molecule has 3 nitrogen and oxygen atoms in total. The molecule has 4 heteroatoms. The van der Waals surface area contributed by atoms with Gasteiger partial charge in [0.05, 0.1) is 11.9 Å². The van der Waals surface area contributed by atoms with E-state index in [1.807, 2.05) is 31.2 Å². The third-order valence-corrected chi connectivity index (χ3v) is 2.99. The van der Waals surface area contributed by atoms with Crippen LogP contribution in [0.25, 0.3) is 11.3 Å². The minimum atomic E-state index is -0.0224. The Kier molecular flexibility index (Phi) is 2.88. The lowest BCUT2D eigenvalue weighted by molar-refractivity contribution is 0.821. The average Bonchev–Trinajstić information content (AvgIpc) is 2.67. The molecular formula is C11H12BrN3. The zero-order chi connectivity index (χ0) is 10.8. The second-order valence-electron chi connectivity index (χ2n) is 3.47. The van der Waals surface area contributed by atoms with Crippen LogP contribution in [0.4, 0.5) is 0 Å². The van der Waals surface area contributed by atoms with Crippen LogP contribution in [0.2, 0.25) is 0 Å². The van der Waals surface area contributed by atoms with Crippen LogP contribution in [-0.2, 0) is 0 Å². The smallest absolute Gasteiger partial charge is 0.0709 e. The lowest BCUT2D eigenvalue weighted by Crippen LogP contribution is -2.05. The molecule has 0 spiro atoms. The Hall–Kier alpha value is -1.13. The number of aromatic nitrogens is 2. The van der Waals surface area contributed by atoms with Gasteiger partial charge in [0.1, 0.15) is 0 Å². The number of rotatable bonds is 2. The Morgan fingerprint density at radius 3 is 2.80 bits per heavy atom. The Balaban J connectivity index is 2.55. The quantitative estimate of drug-likeness (QED) is 0.878. The number of benzene rings is 1. The Labute approximate surface area is 96.8 Å². The van der Waals surface area contributed by atoms with Gasteiger partial charge < -0.3 is 5.73 Å². The number of nitrogens with two attached hydrogens (primary N) is 1. The predicted octanol–water partition coefficient (Wildman–Crippen LogP) is 2.86. The first-order chi connectivity index (χ1) is 7.20. The van der Waals surface area contributed by atoms with Gasteiger partial charge in [0.15, 0.2) is 0 Å². The van der Waals surface area contributed by atoms with Crippen molar-refractivity contribution >= 4 is 15.9 Å². The van der Waals surface area contributed by atoms with Crippen molar-refractivity contribution in [3.8, 4) is 11.3 Å². The number of halogens is 1. The minimum absolute atomic E-state index is 0.0224. The molecule has 1 atom stereocenters. The summed E-state index contributed by atoms with van der Waals surface area (Å²) in [4.78, 5) is 0. The van der Waals surface area contributed by atoms with Crippen LogP contribution in [0.3, 0.4) is 0 Å². The van der Waals surface area contributed by atoms with Gasteiger partial charge >= 0.3 is 0 Å². The molecule has 0 radical (unpaired) electrons. The van der Waals surface area contributed by atoms with Crippen LogP contribution < -0.4 is 5.73 Å². The molecule has 0 amide bonds. The summed E-state index contributed by atoms with van der Waals surface area (Å²) in [6.45, 7) is 1.95. The summed E-state index contributed by atoms with van der Waals surface area (Å²) in [5, 5.41) is 7.02. The normalized spacial score (nSPS) is 12.7. The summed E-state index contributed by atoms with van der Waals surface area (Å²) in [7, 11) is 0. The van der Waals surface area contributed by atoms with E-state index in [4.69, 9.17) is 5.73 Å². The largest absolute Gasteiger partial charge is 0.324 e. The van der Waals surface area contributed by atoms with E-state index in [2.05, 4.69) is 26.1 Å². The van der Waals surface area contributed by atoms with E-state index >= 15 is 0 Å². The van der Waals surface area contributed by atoms with E-state index in [1.54, 1.807) is 6.20 Å². The number of H-pyrrole nitrogens is 1. The molecule has 1 aromatic carbocycles. The van der Waals surface area contributed by atoms with Crippen molar-refractivity contribution in [2.45, 2.75) is 13.0 Å². The molecule has 1 unspecified atom stereocenters. The van der Waals surface area contributed by atoms with Crippen LogP contribution in [0.5, 0.6) is 0 Å². The SMILES string of the molecule is CC(N)c1cn[nH]c1-c1ccccc1Br.